The molecule has 5 heteroatoms. The lowest BCUT2D eigenvalue weighted by atomic mass is 9.93. The van der Waals surface area contributed by atoms with Crippen LogP contribution in [0.1, 0.15) is 40.9 Å². The summed E-state index contributed by atoms with van der Waals surface area (Å²) in [5, 5.41) is 0. The number of nitrogens with zero attached hydrogens (tertiary/aromatic N) is 2. The topological polar surface area (TPSA) is 17.8 Å². The molecule has 0 saturated carbocycles. The first-order valence-electron chi connectivity index (χ1n) is 8.09. The summed E-state index contributed by atoms with van der Waals surface area (Å²) in [5.41, 5.74) is 3.60. The first-order chi connectivity index (χ1) is 11.9. The summed E-state index contributed by atoms with van der Waals surface area (Å²) < 4.78 is 42.3. The van der Waals surface area contributed by atoms with Crippen LogP contribution in [0.3, 0.4) is 0 Å². The summed E-state index contributed by atoms with van der Waals surface area (Å²) >= 11 is 0. The van der Waals surface area contributed by atoms with Crippen molar-refractivity contribution in [3.63, 3.8) is 0 Å². The average Bonchev–Trinajstić information content (AvgIpc) is 3.03. The van der Waals surface area contributed by atoms with Gasteiger partial charge in [0.15, 0.2) is 11.6 Å². The van der Waals surface area contributed by atoms with Gasteiger partial charge in [0.1, 0.15) is 11.6 Å². The molecule has 1 aromatic heterocycles. The van der Waals surface area contributed by atoms with Gasteiger partial charge in [-0.1, -0.05) is 25.1 Å². The van der Waals surface area contributed by atoms with E-state index in [1.807, 2.05) is 19.1 Å². The first kappa shape index (κ1) is 17.3. The SMILES string of the molecule is Cc1cccc([C@H](C)c2nccn2Cc2cc(F)c(F)cc2F)c1C. The molecule has 1 atom stereocenters. The van der Waals surface area contributed by atoms with Gasteiger partial charge in [0.05, 0.1) is 6.54 Å². The predicted molar refractivity (Wildman–Crippen MR) is 91.1 cm³/mol. The van der Waals surface area contributed by atoms with E-state index < -0.39 is 17.5 Å². The number of aryl methyl sites for hydroxylation is 1. The highest BCUT2D eigenvalue weighted by Crippen LogP contribution is 2.28. The van der Waals surface area contributed by atoms with Crippen LogP contribution in [0.4, 0.5) is 13.2 Å². The Bertz CT molecular complexity index is 915. The Morgan fingerprint density at radius 1 is 1.04 bits per heavy atom. The lowest BCUT2D eigenvalue weighted by Gasteiger charge is -2.18. The van der Waals surface area contributed by atoms with Gasteiger partial charge in [-0.3, -0.25) is 0 Å². The minimum atomic E-state index is -1.18. The summed E-state index contributed by atoms with van der Waals surface area (Å²) in [6.07, 6.45) is 3.35. The summed E-state index contributed by atoms with van der Waals surface area (Å²) in [4.78, 5) is 4.40. The predicted octanol–water partition coefficient (Wildman–Crippen LogP) is 5.12. The molecule has 2 aromatic carbocycles. The van der Waals surface area contributed by atoms with Crippen LogP contribution in [-0.4, -0.2) is 9.55 Å². The van der Waals surface area contributed by atoms with Gasteiger partial charge in [0, 0.05) is 29.9 Å². The van der Waals surface area contributed by atoms with Crippen LogP contribution >= 0.6 is 0 Å². The van der Waals surface area contributed by atoms with E-state index >= 15 is 0 Å². The molecule has 0 amide bonds. The van der Waals surface area contributed by atoms with Crippen LogP contribution in [-0.2, 0) is 6.54 Å². The Labute approximate surface area is 145 Å². The molecule has 0 bridgehead atoms. The van der Waals surface area contributed by atoms with E-state index in [1.165, 1.54) is 11.1 Å². The van der Waals surface area contributed by atoms with E-state index in [9.17, 15) is 13.2 Å². The number of halogens is 3. The molecule has 0 fully saturated rings. The fourth-order valence-corrected chi connectivity index (χ4v) is 3.09. The largest absolute Gasteiger partial charge is 0.330 e. The van der Waals surface area contributed by atoms with E-state index in [0.29, 0.717) is 6.07 Å². The van der Waals surface area contributed by atoms with Crippen molar-refractivity contribution in [2.24, 2.45) is 0 Å². The van der Waals surface area contributed by atoms with Crippen molar-refractivity contribution in [3.05, 3.63) is 88.3 Å². The fourth-order valence-electron chi connectivity index (χ4n) is 3.09. The Kier molecular flexibility index (Phi) is 4.66. The molecular weight excluding hydrogens is 325 g/mol. The number of rotatable bonds is 4. The van der Waals surface area contributed by atoms with Crippen molar-refractivity contribution in [2.45, 2.75) is 33.2 Å². The van der Waals surface area contributed by atoms with E-state index in [-0.39, 0.29) is 18.0 Å². The number of hydrogen-bond acceptors (Lipinski definition) is 1. The lowest BCUT2D eigenvalue weighted by molar-refractivity contribution is 0.487. The highest BCUT2D eigenvalue weighted by Gasteiger charge is 2.18. The molecule has 0 unspecified atom stereocenters. The monoisotopic (exact) mass is 344 g/mol. The van der Waals surface area contributed by atoms with Crippen molar-refractivity contribution in [2.75, 3.05) is 0 Å². The van der Waals surface area contributed by atoms with Gasteiger partial charge in [-0.25, -0.2) is 18.2 Å². The van der Waals surface area contributed by atoms with Gasteiger partial charge in [0.2, 0.25) is 0 Å². The van der Waals surface area contributed by atoms with Gasteiger partial charge < -0.3 is 4.57 Å². The molecule has 0 aliphatic rings. The van der Waals surface area contributed by atoms with Crippen molar-refractivity contribution < 1.29 is 13.2 Å². The third kappa shape index (κ3) is 3.31. The summed E-state index contributed by atoms with van der Waals surface area (Å²) in [7, 11) is 0. The molecular formula is C20H19F3N2. The van der Waals surface area contributed by atoms with E-state index in [2.05, 4.69) is 24.9 Å². The smallest absolute Gasteiger partial charge is 0.161 e. The van der Waals surface area contributed by atoms with E-state index in [1.54, 1.807) is 17.0 Å². The Morgan fingerprint density at radius 2 is 1.76 bits per heavy atom. The molecule has 3 aromatic rings. The number of hydrogen-bond donors (Lipinski definition) is 0. The van der Waals surface area contributed by atoms with Crippen molar-refractivity contribution >= 4 is 0 Å². The van der Waals surface area contributed by atoms with Crippen molar-refractivity contribution in [1.29, 1.82) is 0 Å². The maximum Gasteiger partial charge on any atom is 0.161 e. The van der Waals surface area contributed by atoms with Crippen molar-refractivity contribution in [3.8, 4) is 0 Å². The standard InChI is InChI=1S/C20H19F3N2/c1-12-5-4-6-16(13(12)2)14(3)20-24-7-8-25(20)11-15-9-18(22)19(23)10-17(15)21/h4-10,14H,11H2,1-3H3/t14-/m0/s1. The minimum absolute atomic E-state index is 0.0109. The van der Waals surface area contributed by atoms with Gasteiger partial charge >= 0.3 is 0 Å². The van der Waals surface area contributed by atoms with E-state index in [4.69, 9.17) is 0 Å². The van der Waals surface area contributed by atoms with E-state index in [0.717, 1.165) is 17.5 Å². The van der Waals surface area contributed by atoms with Gasteiger partial charge in [-0.05, 0) is 36.6 Å². The van der Waals surface area contributed by atoms with Crippen LogP contribution in [0.25, 0.3) is 0 Å². The number of imidazole rings is 1. The molecule has 0 spiro atoms. The molecule has 0 radical (unpaired) electrons. The molecule has 0 aliphatic carbocycles. The van der Waals surface area contributed by atoms with Crippen molar-refractivity contribution in [1.82, 2.24) is 9.55 Å². The van der Waals surface area contributed by atoms with Crippen LogP contribution in [0, 0.1) is 31.3 Å². The molecule has 25 heavy (non-hydrogen) atoms. The molecule has 3 rings (SSSR count). The van der Waals surface area contributed by atoms with Crippen LogP contribution in [0.2, 0.25) is 0 Å². The molecule has 0 N–H and O–H groups in total. The third-order valence-electron chi connectivity index (χ3n) is 4.68. The minimum Gasteiger partial charge on any atom is -0.330 e. The van der Waals surface area contributed by atoms with Crippen LogP contribution in [0.5, 0.6) is 0 Å². The summed E-state index contributed by atoms with van der Waals surface area (Å²) in [6.45, 7) is 6.23. The molecule has 130 valence electrons. The summed E-state index contributed by atoms with van der Waals surface area (Å²) in [5.74, 6) is -2.27. The van der Waals surface area contributed by atoms with Gasteiger partial charge in [-0.2, -0.15) is 0 Å². The number of benzene rings is 2. The second kappa shape index (κ2) is 6.75. The average molecular weight is 344 g/mol. The molecule has 0 saturated heterocycles. The Morgan fingerprint density at radius 3 is 2.52 bits per heavy atom. The second-order valence-corrected chi connectivity index (χ2v) is 6.28. The maximum atomic E-state index is 14.0. The molecule has 2 nitrogen and oxygen atoms in total. The zero-order valence-electron chi connectivity index (χ0n) is 14.4. The molecule has 1 heterocycles. The number of aromatic nitrogens is 2. The second-order valence-electron chi connectivity index (χ2n) is 6.28. The zero-order chi connectivity index (χ0) is 18.1. The Balaban J connectivity index is 1.96. The third-order valence-corrected chi connectivity index (χ3v) is 4.68. The Hall–Kier alpha value is -2.56. The zero-order valence-corrected chi connectivity index (χ0v) is 14.4. The van der Waals surface area contributed by atoms with Crippen LogP contribution in [0.15, 0.2) is 42.7 Å². The summed E-state index contributed by atoms with van der Waals surface area (Å²) in [6, 6.07) is 7.57. The maximum absolute atomic E-state index is 14.0. The van der Waals surface area contributed by atoms with Crippen LogP contribution < -0.4 is 0 Å². The van der Waals surface area contributed by atoms with Gasteiger partial charge in [-0.15, -0.1) is 0 Å². The fraction of sp³-hybridized carbons (Fsp3) is 0.250. The highest BCUT2D eigenvalue weighted by molar-refractivity contribution is 5.38. The lowest BCUT2D eigenvalue weighted by Crippen LogP contribution is -2.11. The quantitative estimate of drug-likeness (QED) is 0.601. The highest BCUT2D eigenvalue weighted by atomic mass is 19.2. The normalized spacial score (nSPS) is 12.4. The molecule has 0 aliphatic heterocycles. The van der Waals surface area contributed by atoms with Gasteiger partial charge in [0.25, 0.3) is 0 Å². The first-order valence-corrected chi connectivity index (χ1v) is 8.09.